The van der Waals surface area contributed by atoms with E-state index in [1.807, 2.05) is 20.8 Å². The molecule has 1 atom stereocenters. The third kappa shape index (κ3) is 3.96. The van der Waals surface area contributed by atoms with Crippen LogP contribution in [0.1, 0.15) is 37.6 Å². The van der Waals surface area contributed by atoms with E-state index in [2.05, 4.69) is 0 Å². The summed E-state index contributed by atoms with van der Waals surface area (Å²) in [7, 11) is 0. The lowest BCUT2D eigenvalue weighted by Crippen LogP contribution is -2.57. The molecule has 0 bridgehead atoms. The van der Waals surface area contributed by atoms with Crippen molar-refractivity contribution in [3.63, 3.8) is 0 Å². The Morgan fingerprint density at radius 2 is 1.68 bits per heavy atom. The van der Waals surface area contributed by atoms with Crippen LogP contribution in [0.2, 0.25) is 0 Å². The molecule has 1 aliphatic heterocycles. The molecule has 8 heteroatoms. The van der Waals surface area contributed by atoms with E-state index in [4.69, 9.17) is 19.4 Å². The molecule has 1 aromatic carbocycles. The van der Waals surface area contributed by atoms with Gasteiger partial charge in [0.1, 0.15) is 6.04 Å². The van der Waals surface area contributed by atoms with Crippen LogP contribution >= 0.6 is 0 Å². The minimum absolute atomic E-state index is 0.329. The van der Waals surface area contributed by atoms with Crippen molar-refractivity contribution in [2.24, 2.45) is 0 Å². The average Bonchev–Trinajstić information content (AvgIpc) is 2.56. The van der Waals surface area contributed by atoms with Gasteiger partial charge in [0, 0.05) is 12.1 Å². The number of hydroxylamine groups is 1. The van der Waals surface area contributed by atoms with Gasteiger partial charge >= 0.3 is 0 Å². The third-order valence-corrected chi connectivity index (χ3v) is 3.85. The second-order valence-corrected chi connectivity index (χ2v) is 5.38. The Balaban J connectivity index is 2.36. The summed E-state index contributed by atoms with van der Waals surface area (Å²) in [5, 5.41) is 8.77. The highest BCUT2D eigenvalue weighted by Crippen LogP contribution is 2.40. The normalized spacial score (nSPS) is 16.0. The van der Waals surface area contributed by atoms with E-state index in [9.17, 15) is 9.59 Å². The van der Waals surface area contributed by atoms with Crippen molar-refractivity contribution in [2.45, 2.75) is 33.2 Å². The maximum absolute atomic E-state index is 12.8. The molecule has 25 heavy (non-hydrogen) atoms. The third-order valence-electron chi connectivity index (χ3n) is 3.85. The summed E-state index contributed by atoms with van der Waals surface area (Å²) >= 11 is 0. The number of amides is 2. The highest BCUT2D eigenvalue weighted by molar-refractivity contribution is 5.99. The van der Waals surface area contributed by atoms with Gasteiger partial charge in [-0.15, -0.1) is 0 Å². The molecular formula is C17H24N2O6. The first kappa shape index (κ1) is 18.9. The van der Waals surface area contributed by atoms with E-state index in [0.717, 1.165) is 0 Å². The summed E-state index contributed by atoms with van der Waals surface area (Å²) in [6.45, 7) is 7.20. The molecule has 8 nitrogen and oxygen atoms in total. The Kier molecular flexibility index (Phi) is 6.46. The maximum Gasteiger partial charge on any atom is 0.266 e. The zero-order valence-electron chi connectivity index (χ0n) is 14.7. The second-order valence-electron chi connectivity index (χ2n) is 5.38. The van der Waals surface area contributed by atoms with Crippen LogP contribution in [0.25, 0.3) is 0 Å². The standard InChI is InChI=1S/C17H24N2O6/c1-4-23-13-9-11(10-14(24-5-2)15(13)25-6-3)17(21)19-8-7-12(19)16(20)18-22/h9-10,12,22H,4-8H2,1-3H3,(H,18,20)/t12-/m1/s1. The molecule has 1 heterocycles. The summed E-state index contributed by atoms with van der Waals surface area (Å²) in [5.41, 5.74) is 1.93. The van der Waals surface area contributed by atoms with Crippen molar-refractivity contribution >= 4 is 11.8 Å². The van der Waals surface area contributed by atoms with Gasteiger partial charge in [0.25, 0.3) is 11.8 Å². The van der Waals surface area contributed by atoms with Crippen LogP contribution in [0.15, 0.2) is 12.1 Å². The number of likely N-dealkylation sites (tertiary alicyclic amines) is 1. The van der Waals surface area contributed by atoms with Gasteiger partial charge in [-0.2, -0.15) is 0 Å². The Morgan fingerprint density at radius 1 is 1.12 bits per heavy atom. The Morgan fingerprint density at radius 3 is 2.08 bits per heavy atom. The summed E-state index contributed by atoms with van der Waals surface area (Å²) in [4.78, 5) is 25.7. The molecular weight excluding hydrogens is 328 g/mol. The topological polar surface area (TPSA) is 97.3 Å². The lowest BCUT2D eigenvalue weighted by Gasteiger charge is -2.39. The van der Waals surface area contributed by atoms with Gasteiger partial charge in [-0.3, -0.25) is 14.8 Å². The lowest BCUT2D eigenvalue weighted by atomic mass is 10.00. The largest absolute Gasteiger partial charge is 0.490 e. The van der Waals surface area contributed by atoms with E-state index >= 15 is 0 Å². The van der Waals surface area contributed by atoms with Crippen LogP contribution in [0.4, 0.5) is 0 Å². The SMILES string of the molecule is CCOc1cc(C(=O)N2CC[C@@H]2C(=O)NO)cc(OCC)c1OCC. The van der Waals surface area contributed by atoms with Crippen LogP contribution in [0.3, 0.4) is 0 Å². The van der Waals surface area contributed by atoms with Gasteiger partial charge in [-0.1, -0.05) is 0 Å². The Bertz CT molecular complexity index is 607. The number of rotatable bonds is 8. The first-order valence-corrected chi connectivity index (χ1v) is 8.38. The molecule has 138 valence electrons. The molecule has 1 aromatic rings. The van der Waals surface area contributed by atoms with E-state index in [0.29, 0.717) is 55.6 Å². The summed E-state index contributed by atoms with van der Waals surface area (Å²) in [5.74, 6) is 0.367. The lowest BCUT2D eigenvalue weighted by molar-refractivity contribution is -0.137. The smallest absolute Gasteiger partial charge is 0.266 e. The maximum atomic E-state index is 12.8. The molecule has 0 aliphatic carbocycles. The van der Waals surface area contributed by atoms with Crippen LogP contribution < -0.4 is 19.7 Å². The zero-order chi connectivity index (χ0) is 18.4. The van der Waals surface area contributed by atoms with Crippen molar-refractivity contribution in [3.05, 3.63) is 17.7 Å². The van der Waals surface area contributed by atoms with Crippen LogP contribution in [0, 0.1) is 0 Å². The fraction of sp³-hybridized carbons (Fsp3) is 0.529. The van der Waals surface area contributed by atoms with E-state index < -0.39 is 11.9 Å². The van der Waals surface area contributed by atoms with Gasteiger partial charge in [-0.05, 0) is 39.3 Å². The van der Waals surface area contributed by atoms with Crippen molar-refractivity contribution in [2.75, 3.05) is 26.4 Å². The predicted molar refractivity (Wildman–Crippen MR) is 89.3 cm³/mol. The average molecular weight is 352 g/mol. The Labute approximate surface area is 146 Å². The summed E-state index contributed by atoms with van der Waals surface area (Å²) in [6, 6.07) is 2.51. The number of hydrogen-bond acceptors (Lipinski definition) is 6. The quantitative estimate of drug-likeness (QED) is 0.545. The van der Waals surface area contributed by atoms with Crippen LogP contribution in [-0.2, 0) is 4.79 Å². The number of carbonyl (C=O) groups excluding carboxylic acids is 2. The predicted octanol–water partition coefficient (Wildman–Crippen LogP) is 1.60. The highest BCUT2D eigenvalue weighted by Gasteiger charge is 2.38. The second kappa shape index (κ2) is 8.57. The van der Waals surface area contributed by atoms with Gasteiger partial charge in [-0.25, -0.2) is 5.48 Å². The number of nitrogens with zero attached hydrogens (tertiary/aromatic N) is 1. The van der Waals surface area contributed by atoms with E-state index in [1.54, 1.807) is 17.6 Å². The molecule has 0 saturated carbocycles. The molecule has 2 N–H and O–H groups in total. The summed E-state index contributed by atoms with van der Waals surface area (Å²) < 4.78 is 16.8. The molecule has 2 amide bonds. The van der Waals surface area contributed by atoms with Gasteiger partial charge in [0.15, 0.2) is 11.5 Å². The number of hydrogen-bond donors (Lipinski definition) is 2. The van der Waals surface area contributed by atoms with E-state index in [1.165, 1.54) is 4.90 Å². The summed E-state index contributed by atoms with van der Waals surface area (Å²) in [6.07, 6.45) is 0.506. The monoisotopic (exact) mass is 352 g/mol. The first-order chi connectivity index (χ1) is 12.1. The molecule has 0 unspecified atom stereocenters. The highest BCUT2D eigenvalue weighted by atomic mass is 16.5. The molecule has 1 aliphatic rings. The van der Waals surface area contributed by atoms with Gasteiger partial charge in [0.05, 0.1) is 19.8 Å². The van der Waals surface area contributed by atoms with E-state index in [-0.39, 0.29) is 5.91 Å². The minimum Gasteiger partial charge on any atom is -0.490 e. The van der Waals surface area contributed by atoms with Gasteiger partial charge in [0.2, 0.25) is 5.75 Å². The van der Waals surface area contributed by atoms with Crippen molar-refractivity contribution in [1.29, 1.82) is 0 Å². The molecule has 2 rings (SSSR count). The zero-order valence-corrected chi connectivity index (χ0v) is 14.7. The minimum atomic E-state index is -0.671. The van der Waals surface area contributed by atoms with Crippen LogP contribution in [-0.4, -0.2) is 54.3 Å². The fourth-order valence-electron chi connectivity index (χ4n) is 2.66. The molecule has 1 fully saturated rings. The number of carbonyl (C=O) groups is 2. The number of ether oxygens (including phenoxy) is 3. The Hall–Kier alpha value is -2.48. The first-order valence-electron chi connectivity index (χ1n) is 8.38. The van der Waals surface area contributed by atoms with Crippen molar-refractivity contribution < 1.29 is 29.0 Å². The molecule has 1 saturated heterocycles. The molecule has 0 aromatic heterocycles. The van der Waals surface area contributed by atoms with Crippen LogP contribution in [0.5, 0.6) is 17.2 Å². The van der Waals surface area contributed by atoms with Crippen molar-refractivity contribution in [3.8, 4) is 17.2 Å². The number of benzene rings is 1. The molecule has 0 spiro atoms. The van der Waals surface area contributed by atoms with Crippen molar-refractivity contribution in [1.82, 2.24) is 10.4 Å². The van der Waals surface area contributed by atoms with Gasteiger partial charge < -0.3 is 19.1 Å². The number of nitrogens with one attached hydrogen (secondary N) is 1. The fourth-order valence-corrected chi connectivity index (χ4v) is 2.66. The molecule has 0 radical (unpaired) electrons.